The highest BCUT2D eigenvalue weighted by Gasteiger charge is 2.17. The number of nitrogens with zero attached hydrogens (tertiary/aromatic N) is 5. The molecule has 0 saturated heterocycles. The zero-order valence-corrected chi connectivity index (χ0v) is 18.1. The molecule has 0 unspecified atom stereocenters. The van der Waals surface area contributed by atoms with E-state index in [-0.39, 0.29) is 11.4 Å². The van der Waals surface area contributed by atoms with E-state index in [2.05, 4.69) is 25.4 Å². The van der Waals surface area contributed by atoms with Crippen molar-refractivity contribution in [2.45, 2.75) is 20.8 Å². The molecular formula is C24H19FN6O2. The van der Waals surface area contributed by atoms with Gasteiger partial charge in [-0.25, -0.2) is 19.0 Å². The van der Waals surface area contributed by atoms with Crippen LogP contribution in [-0.4, -0.2) is 30.6 Å². The third-order valence-electron chi connectivity index (χ3n) is 5.20. The maximum atomic E-state index is 14.7. The van der Waals surface area contributed by atoms with Crippen LogP contribution in [0.5, 0.6) is 0 Å². The van der Waals surface area contributed by atoms with Crippen molar-refractivity contribution in [1.29, 1.82) is 0 Å². The lowest BCUT2D eigenvalue weighted by molar-refractivity contribution is 0.0994. The van der Waals surface area contributed by atoms with Crippen LogP contribution >= 0.6 is 0 Å². The standard InChI is InChI=1S/C24H19FN6O2/c1-13-5-4-8-26-21(13)16-9-17-12-31(30-23(17)27-11-16)20-10-18(6-7-19(20)25)29-24(32)22-14(2)28-15(3)33-22/h4-12H,1-3H3,(H,29,32). The summed E-state index contributed by atoms with van der Waals surface area (Å²) in [4.78, 5) is 25.5. The Morgan fingerprint density at radius 3 is 2.73 bits per heavy atom. The van der Waals surface area contributed by atoms with Gasteiger partial charge in [0, 0.05) is 42.2 Å². The molecule has 4 aromatic heterocycles. The van der Waals surface area contributed by atoms with Gasteiger partial charge >= 0.3 is 0 Å². The van der Waals surface area contributed by atoms with Crippen LogP contribution in [0, 0.1) is 26.6 Å². The molecule has 164 valence electrons. The second kappa shape index (κ2) is 7.94. The lowest BCUT2D eigenvalue weighted by Gasteiger charge is -2.08. The summed E-state index contributed by atoms with van der Waals surface area (Å²) in [5.41, 5.74) is 4.21. The fourth-order valence-electron chi connectivity index (χ4n) is 3.65. The molecule has 0 bridgehead atoms. The van der Waals surface area contributed by atoms with Gasteiger partial charge in [-0.15, -0.1) is 5.10 Å². The molecule has 0 spiro atoms. The lowest BCUT2D eigenvalue weighted by atomic mass is 10.1. The van der Waals surface area contributed by atoms with Gasteiger partial charge in [0.15, 0.2) is 11.5 Å². The number of benzene rings is 1. The van der Waals surface area contributed by atoms with Crippen molar-refractivity contribution in [3.05, 3.63) is 83.7 Å². The molecule has 1 aromatic carbocycles. The number of pyridine rings is 2. The number of oxazole rings is 1. The lowest BCUT2D eigenvalue weighted by Crippen LogP contribution is -2.13. The van der Waals surface area contributed by atoms with E-state index in [1.165, 1.54) is 22.9 Å². The number of anilines is 1. The summed E-state index contributed by atoms with van der Waals surface area (Å²) in [6.07, 6.45) is 5.12. The Hall–Kier alpha value is -4.40. The molecule has 0 atom stereocenters. The highest BCUT2D eigenvalue weighted by Crippen LogP contribution is 2.25. The minimum Gasteiger partial charge on any atom is -0.436 e. The zero-order chi connectivity index (χ0) is 23.1. The molecule has 1 N–H and O–H groups in total. The van der Waals surface area contributed by atoms with Crippen LogP contribution in [0.4, 0.5) is 10.1 Å². The Bertz CT molecular complexity index is 1520. The summed E-state index contributed by atoms with van der Waals surface area (Å²) < 4.78 is 21.4. The number of rotatable bonds is 4. The number of carbonyl (C=O) groups is 1. The second-order valence-electron chi connectivity index (χ2n) is 7.65. The highest BCUT2D eigenvalue weighted by molar-refractivity contribution is 6.03. The van der Waals surface area contributed by atoms with E-state index >= 15 is 0 Å². The topological polar surface area (TPSA) is 98.7 Å². The molecule has 33 heavy (non-hydrogen) atoms. The first-order valence-electron chi connectivity index (χ1n) is 10.2. The van der Waals surface area contributed by atoms with E-state index in [4.69, 9.17) is 4.42 Å². The minimum atomic E-state index is -0.492. The molecule has 0 aliphatic rings. The Labute approximate surface area is 188 Å². The van der Waals surface area contributed by atoms with Crippen LogP contribution in [-0.2, 0) is 0 Å². The molecule has 0 aliphatic carbocycles. The predicted octanol–water partition coefficient (Wildman–Crippen LogP) is 4.79. The first kappa shape index (κ1) is 20.5. The number of nitrogens with one attached hydrogen (secondary N) is 1. The largest absolute Gasteiger partial charge is 0.436 e. The van der Waals surface area contributed by atoms with Crippen LogP contribution in [0.3, 0.4) is 0 Å². The van der Waals surface area contributed by atoms with E-state index in [1.807, 2.05) is 25.1 Å². The van der Waals surface area contributed by atoms with Crippen LogP contribution in [0.25, 0.3) is 28.0 Å². The number of halogens is 1. The van der Waals surface area contributed by atoms with E-state index in [9.17, 15) is 9.18 Å². The molecule has 1 amide bonds. The van der Waals surface area contributed by atoms with E-state index in [0.717, 1.165) is 22.2 Å². The number of aromatic nitrogens is 5. The molecule has 0 fully saturated rings. The maximum absolute atomic E-state index is 14.7. The van der Waals surface area contributed by atoms with E-state index in [0.29, 0.717) is 22.9 Å². The Morgan fingerprint density at radius 1 is 1.12 bits per heavy atom. The van der Waals surface area contributed by atoms with Crippen molar-refractivity contribution in [1.82, 2.24) is 24.7 Å². The molecule has 8 nitrogen and oxygen atoms in total. The van der Waals surface area contributed by atoms with Gasteiger partial charge in [0.25, 0.3) is 5.91 Å². The monoisotopic (exact) mass is 442 g/mol. The van der Waals surface area contributed by atoms with Gasteiger partial charge in [0.1, 0.15) is 11.5 Å². The van der Waals surface area contributed by atoms with Crippen LogP contribution in [0.2, 0.25) is 0 Å². The molecular weight excluding hydrogens is 423 g/mol. The number of amides is 1. The molecule has 0 radical (unpaired) electrons. The maximum Gasteiger partial charge on any atom is 0.293 e. The Kier molecular flexibility index (Phi) is 4.93. The molecule has 4 heterocycles. The van der Waals surface area contributed by atoms with Crippen molar-refractivity contribution < 1.29 is 13.6 Å². The molecule has 9 heteroatoms. The average Bonchev–Trinajstić information content (AvgIpc) is 3.37. The van der Waals surface area contributed by atoms with Gasteiger partial charge in [-0.05, 0) is 49.7 Å². The summed E-state index contributed by atoms with van der Waals surface area (Å²) >= 11 is 0. The number of carbonyl (C=O) groups excluding carboxylic acids is 1. The highest BCUT2D eigenvalue weighted by atomic mass is 19.1. The summed E-state index contributed by atoms with van der Waals surface area (Å²) in [7, 11) is 0. The number of aryl methyl sites for hydroxylation is 3. The third kappa shape index (κ3) is 3.84. The smallest absolute Gasteiger partial charge is 0.293 e. The second-order valence-corrected chi connectivity index (χ2v) is 7.65. The normalized spacial score (nSPS) is 11.2. The summed E-state index contributed by atoms with van der Waals surface area (Å²) in [5, 5.41) is 7.85. The first-order chi connectivity index (χ1) is 15.9. The fourth-order valence-corrected chi connectivity index (χ4v) is 3.65. The van der Waals surface area contributed by atoms with E-state index in [1.54, 1.807) is 32.4 Å². The van der Waals surface area contributed by atoms with Gasteiger partial charge in [0.05, 0.1) is 11.4 Å². The Morgan fingerprint density at radius 2 is 1.97 bits per heavy atom. The van der Waals surface area contributed by atoms with Gasteiger partial charge < -0.3 is 9.73 Å². The fraction of sp³-hybridized carbons (Fsp3) is 0.125. The van der Waals surface area contributed by atoms with Crippen molar-refractivity contribution in [3.63, 3.8) is 0 Å². The number of fused-ring (bicyclic) bond motifs is 1. The first-order valence-corrected chi connectivity index (χ1v) is 10.2. The minimum absolute atomic E-state index is 0.116. The van der Waals surface area contributed by atoms with Gasteiger partial charge in [-0.2, -0.15) is 0 Å². The average molecular weight is 442 g/mol. The van der Waals surface area contributed by atoms with Crippen molar-refractivity contribution >= 4 is 22.6 Å². The van der Waals surface area contributed by atoms with Crippen molar-refractivity contribution in [2.75, 3.05) is 5.32 Å². The Balaban J connectivity index is 1.48. The van der Waals surface area contributed by atoms with Crippen LogP contribution in [0.1, 0.15) is 27.7 Å². The molecule has 0 saturated carbocycles. The summed E-state index contributed by atoms with van der Waals surface area (Å²) in [5.74, 6) is -0.445. The number of hydrogen-bond donors (Lipinski definition) is 1. The predicted molar refractivity (Wildman–Crippen MR) is 121 cm³/mol. The molecule has 5 aromatic rings. The van der Waals surface area contributed by atoms with Gasteiger partial charge in [-0.1, -0.05) is 6.07 Å². The summed E-state index contributed by atoms with van der Waals surface area (Å²) in [6.45, 7) is 5.33. The van der Waals surface area contributed by atoms with Crippen LogP contribution in [0.15, 0.2) is 59.4 Å². The third-order valence-corrected chi connectivity index (χ3v) is 5.20. The molecule has 5 rings (SSSR count). The molecule has 0 aliphatic heterocycles. The quantitative estimate of drug-likeness (QED) is 0.430. The van der Waals surface area contributed by atoms with E-state index < -0.39 is 11.7 Å². The van der Waals surface area contributed by atoms with Crippen LogP contribution < -0.4 is 5.32 Å². The zero-order valence-electron chi connectivity index (χ0n) is 18.1. The van der Waals surface area contributed by atoms with Crippen molar-refractivity contribution in [2.24, 2.45) is 0 Å². The number of hydrogen-bond acceptors (Lipinski definition) is 6. The summed E-state index contributed by atoms with van der Waals surface area (Å²) in [6, 6.07) is 10.0. The SMILES string of the molecule is Cc1nc(C)c(C(=O)Nc2ccc(F)c(-n3cc4cc(-c5ncccc5C)cnc4n3)c2)o1. The van der Waals surface area contributed by atoms with Gasteiger partial charge in [-0.3, -0.25) is 9.78 Å². The van der Waals surface area contributed by atoms with Gasteiger partial charge in [0.2, 0.25) is 5.76 Å². The van der Waals surface area contributed by atoms with Crippen molar-refractivity contribution in [3.8, 4) is 16.9 Å².